The lowest BCUT2D eigenvalue weighted by Crippen LogP contribution is -2.56. The summed E-state index contributed by atoms with van der Waals surface area (Å²) in [7, 11) is 1.93. The van der Waals surface area contributed by atoms with Crippen molar-refractivity contribution < 1.29 is 9.59 Å². The van der Waals surface area contributed by atoms with Gasteiger partial charge in [0.15, 0.2) is 0 Å². The SMILES string of the molecule is CN1C(=O)[C@H]2CN(c3ncccn3)C[C@H]2C12CCN(C(=O)c1ccncc1)CC2. The topological polar surface area (TPSA) is 82.5 Å². The van der Waals surface area contributed by atoms with Gasteiger partial charge in [-0.15, -0.1) is 0 Å². The Hall–Kier alpha value is -3.03. The lowest BCUT2D eigenvalue weighted by Gasteiger charge is -2.46. The number of pyridine rings is 1. The van der Waals surface area contributed by atoms with E-state index in [9.17, 15) is 9.59 Å². The summed E-state index contributed by atoms with van der Waals surface area (Å²) in [6.45, 7) is 2.76. The molecule has 3 aliphatic heterocycles. The van der Waals surface area contributed by atoms with E-state index in [4.69, 9.17) is 0 Å². The number of amides is 2. The zero-order chi connectivity index (χ0) is 20.0. The molecule has 3 saturated heterocycles. The molecule has 0 aromatic carbocycles. The second-order valence-electron chi connectivity index (χ2n) is 8.20. The van der Waals surface area contributed by atoms with Crippen molar-refractivity contribution in [3.8, 4) is 0 Å². The number of carbonyl (C=O) groups is 2. The van der Waals surface area contributed by atoms with Crippen LogP contribution in [0.4, 0.5) is 5.95 Å². The van der Waals surface area contributed by atoms with E-state index in [2.05, 4.69) is 19.9 Å². The molecular weight excluding hydrogens is 368 g/mol. The molecule has 0 N–H and O–H groups in total. The van der Waals surface area contributed by atoms with Crippen LogP contribution in [0, 0.1) is 11.8 Å². The highest BCUT2D eigenvalue weighted by Crippen LogP contribution is 2.49. The van der Waals surface area contributed by atoms with Crippen LogP contribution in [0.2, 0.25) is 0 Å². The number of piperidine rings is 1. The highest BCUT2D eigenvalue weighted by molar-refractivity contribution is 5.94. The van der Waals surface area contributed by atoms with E-state index >= 15 is 0 Å². The van der Waals surface area contributed by atoms with Crippen LogP contribution in [-0.4, -0.2) is 75.3 Å². The Morgan fingerprint density at radius 2 is 1.76 bits per heavy atom. The quantitative estimate of drug-likeness (QED) is 0.760. The Bertz CT molecular complexity index is 913. The van der Waals surface area contributed by atoms with Crippen LogP contribution in [0.25, 0.3) is 0 Å². The number of hydrogen-bond acceptors (Lipinski definition) is 6. The molecule has 8 heteroatoms. The summed E-state index contributed by atoms with van der Waals surface area (Å²) in [5, 5.41) is 0. The van der Waals surface area contributed by atoms with Crippen molar-refractivity contribution in [3.63, 3.8) is 0 Å². The smallest absolute Gasteiger partial charge is 0.253 e. The van der Waals surface area contributed by atoms with Gasteiger partial charge in [-0.05, 0) is 31.0 Å². The normalized spacial score (nSPS) is 25.6. The Morgan fingerprint density at radius 1 is 1.07 bits per heavy atom. The number of rotatable bonds is 2. The monoisotopic (exact) mass is 392 g/mol. The average Bonchev–Trinajstić information content (AvgIpc) is 3.31. The van der Waals surface area contributed by atoms with E-state index in [0.29, 0.717) is 31.1 Å². The van der Waals surface area contributed by atoms with Gasteiger partial charge < -0.3 is 14.7 Å². The lowest BCUT2D eigenvalue weighted by molar-refractivity contribution is -0.133. The molecule has 0 unspecified atom stereocenters. The molecule has 3 fully saturated rings. The van der Waals surface area contributed by atoms with Crippen LogP contribution < -0.4 is 4.90 Å². The van der Waals surface area contributed by atoms with E-state index in [-0.39, 0.29) is 29.2 Å². The maximum Gasteiger partial charge on any atom is 0.253 e. The molecular formula is C21H24N6O2. The van der Waals surface area contributed by atoms with E-state index in [1.165, 1.54) is 0 Å². The number of hydrogen-bond donors (Lipinski definition) is 0. The van der Waals surface area contributed by atoms with Crippen molar-refractivity contribution in [1.82, 2.24) is 24.8 Å². The molecule has 0 saturated carbocycles. The predicted molar refractivity (Wildman–Crippen MR) is 106 cm³/mol. The first-order chi connectivity index (χ1) is 14.1. The molecule has 2 aromatic heterocycles. The van der Waals surface area contributed by atoms with E-state index < -0.39 is 0 Å². The third-order valence-electron chi connectivity index (χ3n) is 7.00. The summed E-state index contributed by atoms with van der Waals surface area (Å²) in [5.74, 6) is 1.16. The van der Waals surface area contributed by atoms with Crippen molar-refractivity contribution >= 4 is 17.8 Å². The molecule has 29 heavy (non-hydrogen) atoms. The standard InChI is InChI=1S/C21H24N6O2/c1-25-19(29)16-13-27(20-23-7-2-8-24-20)14-17(16)21(25)5-11-26(12-6-21)18(28)15-3-9-22-10-4-15/h2-4,7-10,16-17H,5-6,11-14H2,1H3/t16-,17+/m0/s1. The van der Waals surface area contributed by atoms with Crippen LogP contribution in [0.15, 0.2) is 43.0 Å². The number of likely N-dealkylation sites (tertiary alicyclic amines) is 2. The highest BCUT2D eigenvalue weighted by Gasteiger charge is 2.60. The molecule has 5 heterocycles. The van der Waals surface area contributed by atoms with Crippen LogP contribution in [0.1, 0.15) is 23.2 Å². The summed E-state index contributed by atoms with van der Waals surface area (Å²) in [6, 6.07) is 5.31. The van der Waals surface area contributed by atoms with E-state index in [0.717, 1.165) is 19.4 Å². The van der Waals surface area contributed by atoms with Gasteiger partial charge in [0.1, 0.15) is 0 Å². The average molecular weight is 392 g/mol. The maximum atomic E-state index is 13.0. The van der Waals surface area contributed by atoms with Gasteiger partial charge in [-0.1, -0.05) is 0 Å². The minimum absolute atomic E-state index is 0.0220. The van der Waals surface area contributed by atoms with Gasteiger partial charge in [0, 0.05) is 69.5 Å². The minimum atomic E-state index is -0.194. The first-order valence-electron chi connectivity index (χ1n) is 10.1. The third kappa shape index (κ3) is 2.77. The summed E-state index contributed by atoms with van der Waals surface area (Å²) in [5.41, 5.74) is 0.471. The highest BCUT2D eigenvalue weighted by atomic mass is 16.2. The van der Waals surface area contributed by atoms with Gasteiger partial charge in [0.25, 0.3) is 5.91 Å². The Labute approximate surface area is 169 Å². The number of fused-ring (bicyclic) bond motifs is 2. The van der Waals surface area contributed by atoms with Gasteiger partial charge in [-0.2, -0.15) is 0 Å². The first kappa shape index (κ1) is 18.0. The predicted octanol–water partition coefficient (Wildman–Crippen LogP) is 1.07. The fourth-order valence-corrected chi connectivity index (χ4v) is 5.41. The zero-order valence-corrected chi connectivity index (χ0v) is 16.4. The number of carbonyl (C=O) groups excluding carboxylic acids is 2. The third-order valence-corrected chi connectivity index (χ3v) is 7.00. The van der Waals surface area contributed by atoms with Gasteiger partial charge in [0.05, 0.1) is 11.5 Å². The second-order valence-corrected chi connectivity index (χ2v) is 8.20. The zero-order valence-electron chi connectivity index (χ0n) is 16.4. The Morgan fingerprint density at radius 3 is 2.45 bits per heavy atom. The van der Waals surface area contributed by atoms with Crippen molar-refractivity contribution in [2.24, 2.45) is 11.8 Å². The van der Waals surface area contributed by atoms with E-state index in [1.807, 2.05) is 16.8 Å². The number of nitrogens with zero attached hydrogens (tertiary/aromatic N) is 6. The summed E-state index contributed by atoms with van der Waals surface area (Å²) in [4.78, 5) is 44.6. The number of anilines is 1. The van der Waals surface area contributed by atoms with Crippen molar-refractivity contribution in [2.75, 3.05) is 38.1 Å². The summed E-state index contributed by atoms with van der Waals surface area (Å²) in [6.07, 6.45) is 8.37. The largest absolute Gasteiger partial charge is 0.340 e. The van der Waals surface area contributed by atoms with Gasteiger partial charge in [0.2, 0.25) is 11.9 Å². The maximum absolute atomic E-state index is 13.0. The van der Waals surface area contributed by atoms with Crippen LogP contribution in [0.5, 0.6) is 0 Å². The molecule has 150 valence electrons. The molecule has 0 radical (unpaired) electrons. The molecule has 8 nitrogen and oxygen atoms in total. The lowest BCUT2D eigenvalue weighted by atomic mass is 9.75. The molecule has 0 bridgehead atoms. The number of aromatic nitrogens is 3. The fraction of sp³-hybridized carbons (Fsp3) is 0.476. The van der Waals surface area contributed by atoms with Crippen molar-refractivity contribution in [2.45, 2.75) is 18.4 Å². The molecule has 0 aliphatic carbocycles. The molecule has 5 rings (SSSR count). The van der Waals surface area contributed by atoms with Crippen LogP contribution in [-0.2, 0) is 4.79 Å². The van der Waals surface area contributed by atoms with E-state index in [1.54, 1.807) is 43.0 Å². The first-order valence-corrected chi connectivity index (χ1v) is 10.1. The molecule has 2 aromatic rings. The van der Waals surface area contributed by atoms with Gasteiger partial charge >= 0.3 is 0 Å². The van der Waals surface area contributed by atoms with Crippen molar-refractivity contribution in [3.05, 3.63) is 48.5 Å². The summed E-state index contributed by atoms with van der Waals surface area (Å²) < 4.78 is 0. The van der Waals surface area contributed by atoms with Gasteiger partial charge in [-0.25, -0.2) is 9.97 Å². The minimum Gasteiger partial charge on any atom is -0.340 e. The molecule has 1 spiro atoms. The fourth-order valence-electron chi connectivity index (χ4n) is 5.41. The van der Waals surface area contributed by atoms with Crippen LogP contribution in [0.3, 0.4) is 0 Å². The van der Waals surface area contributed by atoms with Gasteiger partial charge in [-0.3, -0.25) is 14.6 Å². The second kappa shape index (κ2) is 6.79. The summed E-state index contributed by atoms with van der Waals surface area (Å²) >= 11 is 0. The Kier molecular flexibility index (Phi) is 4.22. The Balaban J connectivity index is 1.34. The van der Waals surface area contributed by atoms with Crippen molar-refractivity contribution in [1.29, 1.82) is 0 Å². The molecule has 2 atom stereocenters. The van der Waals surface area contributed by atoms with Crippen LogP contribution >= 0.6 is 0 Å². The molecule has 2 amide bonds. The molecule has 3 aliphatic rings.